The Labute approximate surface area is 100 Å². The van der Waals surface area contributed by atoms with E-state index < -0.39 is 0 Å². The van der Waals surface area contributed by atoms with E-state index in [-0.39, 0.29) is 17.4 Å². The molecule has 0 radical (unpaired) electrons. The molecule has 0 aliphatic carbocycles. The molecule has 16 heavy (non-hydrogen) atoms. The van der Waals surface area contributed by atoms with E-state index in [4.69, 9.17) is 0 Å². The number of amides is 1. The molecule has 2 atom stereocenters. The van der Waals surface area contributed by atoms with Crippen LogP contribution in [-0.4, -0.2) is 24.5 Å². The van der Waals surface area contributed by atoms with Crippen LogP contribution in [0.2, 0.25) is 0 Å². The summed E-state index contributed by atoms with van der Waals surface area (Å²) >= 11 is 0. The van der Waals surface area contributed by atoms with E-state index in [0.717, 1.165) is 13.0 Å². The van der Waals surface area contributed by atoms with Crippen molar-refractivity contribution >= 4 is 5.91 Å². The summed E-state index contributed by atoms with van der Waals surface area (Å²) in [4.78, 5) is 11.5. The quantitative estimate of drug-likeness (QED) is 0.732. The largest absolute Gasteiger partial charge is 0.354 e. The lowest BCUT2D eigenvalue weighted by Crippen LogP contribution is -2.40. The van der Waals surface area contributed by atoms with Crippen molar-refractivity contribution in [1.29, 1.82) is 0 Å². The third-order valence-electron chi connectivity index (χ3n) is 3.12. The molecule has 0 aromatic carbocycles. The SMILES string of the molecule is CCC(C)NC(=O)CCNC(C)C(C)(C)C. The predicted octanol–water partition coefficient (Wildman–Crippen LogP) is 2.32. The van der Waals surface area contributed by atoms with E-state index in [0.29, 0.717) is 12.5 Å². The van der Waals surface area contributed by atoms with Crippen molar-refractivity contribution in [3.8, 4) is 0 Å². The Hall–Kier alpha value is -0.570. The molecule has 0 heterocycles. The van der Waals surface area contributed by atoms with Crippen LogP contribution in [0.25, 0.3) is 0 Å². The van der Waals surface area contributed by atoms with Gasteiger partial charge in [-0.3, -0.25) is 4.79 Å². The zero-order valence-corrected chi connectivity index (χ0v) is 11.7. The Kier molecular flexibility index (Phi) is 6.65. The minimum Gasteiger partial charge on any atom is -0.354 e. The average Bonchev–Trinajstić information content (AvgIpc) is 2.15. The fourth-order valence-electron chi connectivity index (χ4n) is 1.16. The molecule has 0 saturated heterocycles. The number of hydrogen-bond donors (Lipinski definition) is 2. The monoisotopic (exact) mass is 228 g/mol. The summed E-state index contributed by atoms with van der Waals surface area (Å²) in [6.07, 6.45) is 1.54. The zero-order valence-electron chi connectivity index (χ0n) is 11.7. The van der Waals surface area contributed by atoms with Crippen LogP contribution in [-0.2, 0) is 4.79 Å². The summed E-state index contributed by atoms with van der Waals surface area (Å²) in [5.74, 6) is 0.142. The molecule has 0 bridgehead atoms. The van der Waals surface area contributed by atoms with Crippen LogP contribution in [0.3, 0.4) is 0 Å². The van der Waals surface area contributed by atoms with E-state index in [1.165, 1.54) is 0 Å². The Bertz CT molecular complexity index is 208. The lowest BCUT2D eigenvalue weighted by Gasteiger charge is -2.28. The maximum Gasteiger partial charge on any atom is 0.221 e. The van der Waals surface area contributed by atoms with Crippen molar-refractivity contribution in [3.63, 3.8) is 0 Å². The lowest BCUT2D eigenvalue weighted by atomic mass is 9.88. The summed E-state index contributed by atoms with van der Waals surface area (Å²) in [6.45, 7) is 13.6. The van der Waals surface area contributed by atoms with Crippen molar-refractivity contribution in [2.45, 2.75) is 66.5 Å². The second-order valence-corrected chi connectivity index (χ2v) is 5.67. The van der Waals surface area contributed by atoms with Gasteiger partial charge in [0.05, 0.1) is 0 Å². The number of carbonyl (C=O) groups is 1. The smallest absolute Gasteiger partial charge is 0.221 e. The van der Waals surface area contributed by atoms with Gasteiger partial charge < -0.3 is 10.6 Å². The third kappa shape index (κ3) is 6.83. The summed E-state index contributed by atoms with van der Waals surface area (Å²) in [5.41, 5.74) is 0.243. The van der Waals surface area contributed by atoms with Gasteiger partial charge in [0, 0.05) is 25.0 Å². The summed E-state index contributed by atoms with van der Waals surface area (Å²) < 4.78 is 0. The topological polar surface area (TPSA) is 41.1 Å². The summed E-state index contributed by atoms with van der Waals surface area (Å²) in [6, 6.07) is 0.705. The highest BCUT2D eigenvalue weighted by atomic mass is 16.1. The number of carbonyl (C=O) groups excluding carboxylic acids is 1. The predicted molar refractivity (Wildman–Crippen MR) is 69.4 cm³/mol. The Balaban J connectivity index is 3.70. The molecule has 0 aliphatic rings. The van der Waals surface area contributed by atoms with Crippen molar-refractivity contribution in [2.75, 3.05) is 6.54 Å². The molecule has 0 rings (SSSR count). The molecule has 2 unspecified atom stereocenters. The molecular weight excluding hydrogens is 200 g/mol. The van der Waals surface area contributed by atoms with Gasteiger partial charge in [-0.1, -0.05) is 27.7 Å². The summed E-state index contributed by atoms with van der Waals surface area (Å²) in [7, 11) is 0. The van der Waals surface area contributed by atoms with Gasteiger partial charge in [0.1, 0.15) is 0 Å². The first-order chi connectivity index (χ1) is 7.27. The molecule has 0 saturated carbocycles. The van der Waals surface area contributed by atoms with Gasteiger partial charge in [0.25, 0.3) is 0 Å². The minimum absolute atomic E-state index is 0.142. The van der Waals surface area contributed by atoms with E-state index in [1.54, 1.807) is 0 Å². The molecule has 0 aromatic heterocycles. The second-order valence-electron chi connectivity index (χ2n) is 5.67. The van der Waals surface area contributed by atoms with Gasteiger partial charge in [-0.25, -0.2) is 0 Å². The standard InChI is InChI=1S/C13H28N2O/c1-7-10(2)15-12(16)8-9-14-11(3)13(4,5)6/h10-11,14H,7-9H2,1-6H3,(H,15,16). The Morgan fingerprint density at radius 2 is 1.81 bits per heavy atom. The van der Waals surface area contributed by atoms with Gasteiger partial charge >= 0.3 is 0 Å². The van der Waals surface area contributed by atoms with Crippen LogP contribution < -0.4 is 10.6 Å². The first-order valence-electron chi connectivity index (χ1n) is 6.30. The van der Waals surface area contributed by atoms with Crippen molar-refractivity contribution in [1.82, 2.24) is 10.6 Å². The first-order valence-corrected chi connectivity index (χ1v) is 6.30. The van der Waals surface area contributed by atoms with Gasteiger partial charge in [-0.05, 0) is 25.7 Å². The third-order valence-corrected chi connectivity index (χ3v) is 3.12. The molecule has 0 fully saturated rings. The zero-order chi connectivity index (χ0) is 12.8. The Morgan fingerprint density at radius 1 is 1.25 bits per heavy atom. The molecule has 0 aliphatic heterocycles. The number of hydrogen-bond acceptors (Lipinski definition) is 2. The fourth-order valence-corrected chi connectivity index (χ4v) is 1.16. The normalized spacial score (nSPS) is 15.6. The molecule has 0 spiro atoms. The molecule has 3 nitrogen and oxygen atoms in total. The average molecular weight is 228 g/mol. The molecule has 0 aromatic rings. The first kappa shape index (κ1) is 15.4. The number of nitrogens with one attached hydrogen (secondary N) is 2. The highest BCUT2D eigenvalue weighted by Crippen LogP contribution is 2.18. The summed E-state index contributed by atoms with van der Waals surface area (Å²) in [5, 5.41) is 6.35. The van der Waals surface area contributed by atoms with E-state index in [1.807, 2.05) is 6.92 Å². The number of rotatable bonds is 6. The van der Waals surface area contributed by atoms with Crippen molar-refractivity contribution < 1.29 is 4.79 Å². The van der Waals surface area contributed by atoms with Gasteiger partial charge in [0.2, 0.25) is 5.91 Å². The maximum atomic E-state index is 11.5. The maximum absolute atomic E-state index is 11.5. The van der Waals surface area contributed by atoms with Crippen LogP contribution >= 0.6 is 0 Å². The van der Waals surface area contributed by atoms with Crippen LogP contribution in [0, 0.1) is 5.41 Å². The van der Waals surface area contributed by atoms with Gasteiger partial charge in [0.15, 0.2) is 0 Å². The van der Waals surface area contributed by atoms with E-state index in [2.05, 4.69) is 45.3 Å². The fraction of sp³-hybridized carbons (Fsp3) is 0.923. The second kappa shape index (κ2) is 6.89. The van der Waals surface area contributed by atoms with Gasteiger partial charge in [-0.2, -0.15) is 0 Å². The van der Waals surface area contributed by atoms with E-state index >= 15 is 0 Å². The van der Waals surface area contributed by atoms with Crippen LogP contribution in [0.5, 0.6) is 0 Å². The molecule has 1 amide bonds. The van der Waals surface area contributed by atoms with E-state index in [9.17, 15) is 4.79 Å². The van der Waals surface area contributed by atoms with Crippen LogP contribution in [0.15, 0.2) is 0 Å². The Morgan fingerprint density at radius 3 is 2.25 bits per heavy atom. The van der Waals surface area contributed by atoms with Crippen LogP contribution in [0.1, 0.15) is 54.4 Å². The van der Waals surface area contributed by atoms with Crippen molar-refractivity contribution in [3.05, 3.63) is 0 Å². The van der Waals surface area contributed by atoms with Gasteiger partial charge in [-0.15, -0.1) is 0 Å². The molecular formula is C13H28N2O. The minimum atomic E-state index is 0.142. The molecule has 2 N–H and O–H groups in total. The highest BCUT2D eigenvalue weighted by molar-refractivity contribution is 5.76. The van der Waals surface area contributed by atoms with Crippen LogP contribution in [0.4, 0.5) is 0 Å². The highest BCUT2D eigenvalue weighted by Gasteiger charge is 2.19. The van der Waals surface area contributed by atoms with Crippen molar-refractivity contribution in [2.24, 2.45) is 5.41 Å². The molecule has 3 heteroatoms. The lowest BCUT2D eigenvalue weighted by molar-refractivity contribution is -0.121. The molecule has 96 valence electrons.